The zero-order valence-electron chi connectivity index (χ0n) is 6.10. The van der Waals surface area contributed by atoms with Crippen LogP contribution in [-0.2, 0) is 4.79 Å². The summed E-state index contributed by atoms with van der Waals surface area (Å²) < 4.78 is 0. The van der Waals surface area contributed by atoms with Gasteiger partial charge in [0, 0.05) is 0 Å². The molecule has 1 aliphatic rings. The van der Waals surface area contributed by atoms with Gasteiger partial charge in [0.05, 0.1) is 0 Å². The molecule has 0 radical (unpaired) electrons. The van der Waals surface area contributed by atoms with Gasteiger partial charge < -0.3 is 5.32 Å². The molecule has 0 spiro atoms. The number of allylic oxidation sites excluding steroid dienone is 1. The lowest BCUT2D eigenvalue weighted by Gasteiger charge is -1.96. The summed E-state index contributed by atoms with van der Waals surface area (Å²) in [4.78, 5) is 10.1. The molecule has 2 heteroatoms. The maximum Gasteiger partial charge on any atom is 0.142 e. The second-order valence-electron chi connectivity index (χ2n) is 2.56. The monoisotopic (exact) mass is 139 g/mol. The van der Waals surface area contributed by atoms with Gasteiger partial charge in [0.25, 0.3) is 0 Å². The van der Waals surface area contributed by atoms with E-state index in [2.05, 4.69) is 5.32 Å². The third-order valence-corrected chi connectivity index (χ3v) is 1.78. The molecule has 10 heavy (non-hydrogen) atoms. The summed E-state index contributed by atoms with van der Waals surface area (Å²) in [6.07, 6.45) is 5.89. The van der Waals surface area contributed by atoms with Crippen LogP contribution in [0, 0.1) is 0 Å². The number of rotatable bonds is 1. The van der Waals surface area contributed by atoms with E-state index >= 15 is 0 Å². The Morgan fingerprint density at radius 2 is 2.20 bits per heavy atom. The Hall–Kier alpha value is -0.630. The van der Waals surface area contributed by atoms with Gasteiger partial charge in [-0.15, -0.1) is 0 Å². The second kappa shape index (κ2) is 4.23. The molecule has 0 bridgehead atoms. The Balaban J connectivity index is 2.42. The number of hydrogen-bond acceptors (Lipinski definition) is 2. The molecular formula is C8H13NO. The van der Waals surface area contributed by atoms with Gasteiger partial charge in [-0.2, -0.15) is 0 Å². The molecule has 0 aromatic heterocycles. The maximum absolute atomic E-state index is 10.1. The molecule has 0 aromatic carbocycles. The molecule has 1 rings (SSSR count). The minimum Gasteiger partial charge on any atom is -0.316 e. The van der Waals surface area contributed by atoms with Gasteiger partial charge in [0.1, 0.15) is 6.29 Å². The summed E-state index contributed by atoms with van der Waals surface area (Å²) in [6, 6.07) is 0. The Morgan fingerprint density at radius 1 is 1.30 bits per heavy atom. The van der Waals surface area contributed by atoms with Crippen LogP contribution in [0.3, 0.4) is 0 Å². The van der Waals surface area contributed by atoms with Gasteiger partial charge in [-0.1, -0.05) is 5.57 Å². The third-order valence-electron chi connectivity index (χ3n) is 1.78. The summed E-state index contributed by atoms with van der Waals surface area (Å²) in [5, 5.41) is 3.28. The number of hydrogen-bond donors (Lipinski definition) is 1. The highest BCUT2D eigenvalue weighted by atomic mass is 16.1. The van der Waals surface area contributed by atoms with Crippen molar-refractivity contribution in [2.45, 2.75) is 19.3 Å². The van der Waals surface area contributed by atoms with Crippen LogP contribution in [0.15, 0.2) is 11.6 Å². The zero-order chi connectivity index (χ0) is 7.23. The van der Waals surface area contributed by atoms with Gasteiger partial charge in [-0.3, -0.25) is 4.79 Å². The molecule has 1 saturated heterocycles. The van der Waals surface area contributed by atoms with Crippen molar-refractivity contribution in [3.8, 4) is 0 Å². The highest BCUT2D eigenvalue weighted by molar-refractivity contribution is 5.66. The first-order chi connectivity index (χ1) is 4.93. The van der Waals surface area contributed by atoms with Crippen molar-refractivity contribution in [1.82, 2.24) is 5.32 Å². The first kappa shape index (κ1) is 7.48. The largest absolute Gasteiger partial charge is 0.316 e. The maximum atomic E-state index is 10.1. The quantitative estimate of drug-likeness (QED) is 0.431. The topological polar surface area (TPSA) is 29.1 Å². The lowest BCUT2D eigenvalue weighted by molar-refractivity contribution is -0.104. The minimum atomic E-state index is 0.890. The second-order valence-corrected chi connectivity index (χ2v) is 2.56. The molecule has 1 heterocycles. The van der Waals surface area contributed by atoms with Crippen molar-refractivity contribution in [2.75, 3.05) is 13.1 Å². The summed E-state index contributed by atoms with van der Waals surface area (Å²) in [6.45, 7) is 2.12. The number of carbonyl (C=O) groups excluding carboxylic acids is 1. The smallest absolute Gasteiger partial charge is 0.142 e. The van der Waals surface area contributed by atoms with Crippen molar-refractivity contribution >= 4 is 6.29 Å². The van der Waals surface area contributed by atoms with Crippen LogP contribution in [0.1, 0.15) is 19.3 Å². The van der Waals surface area contributed by atoms with Gasteiger partial charge >= 0.3 is 0 Å². The van der Waals surface area contributed by atoms with E-state index in [1.807, 2.05) is 0 Å². The van der Waals surface area contributed by atoms with Crippen molar-refractivity contribution in [3.63, 3.8) is 0 Å². The zero-order valence-corrected chi connectivity index (χ0v) is 6.10. The van der Waals surface area contributed by atoms with E-state index < -0.39 is 0 Å². The molecule has 1 fully saturated rings. The molecule has 0 unspecified atom stereocenters. The van der Waals surface area contributed by atoms with Gasteiger partial charge in [0.2, 0.25) is 0 Å². The molecule has 0 aromatic rings. The van der Waals surface area contributed by atoms with Crippen LogP contribution in [-0.4, -0.2) is 19.4 Å². The van der Waals surface area contributed by atoms with E-state index in [0.717, 1.165) is 32.2 Å². The van der Waals surface area contributed by atoms with Crippen molar-refractivity contribution in [2.24, 2.45) is 0 Å². The summed E-state index contributed by atoms with van der Waals surface area (Å²) >= 11 is 0. The van der Waals surface area contributed by atoms with Crippen LogP contribution >= 0.6 is 0 Å². The van der Waals surface area contributed by atoms with Gasteiger partial charge in [0.15, 0.2) is 0 Å². The number of carbonyl (C=O) groups is 1. The Kier molecular flexibility index (Phi) is 3.16. The Morgan fingerprint density at radius 3 is 3.00 bits per heavy atom. The van der Waals surface area contributed by atoms with Crippen molar-refractivity contribution in [1.29, 1.82) is 0 Å². The average Bonchev–Trinajstić information content (AvgIpc) is 2.17. The summed E-state index contributed by atoms with van der Waals surface area (Å²) in [5.41, 5.74) is 1.29. The predicted octanol–water partition coefficient (Wildman–Crippen LogP) is 0.885. The lowest BCUT2D eigenvalue weighted by Crippen LogP contribution is -2.13. The molecule has 1 N–H and O–H groups in total. The van der Waals surface area contributed by atoms with Crippen LogP contribution in [0.5, 0.6) is 0 Å². The number of aldehydes is 1. The van der Waals surface area contributed by atoms with Crippen LogP contribution in [0.2, 0.25) is 0 Å². The molecule has 0 saturated carbocycles. The molecule has 0 atom stereocenters. The normalized spacial score (nSPS) is 24.2. The van der Waals surface area contributed by atoms with Gasteiger partial charge in [-0.25, -0.2) is 0 Å². The van der Waals surface area contributed by atoms with E-state index in [1.54, 1.807) is 6.08 Å². The molecule has 2 nitrogen and oxygen atoms in total. The Labute approximate surface area is 61.3 Å². The fourth-order valence-electron chi connectivity index (χ4n) is 1.20. The van der Waals surface area contributed by atoms with E-state index in [9.17, 15) is 4.79 Å². The molecule has 1 aliphatic heterocycles. The first-order valence-electron chi connectivity index (χ1n) is 3.77. The SMILES string of the molecule is O=C/C=C1\CCCNCC1. The summed E-state index contributed by atoms with van der Waals surface area (Å²) in [7, 11) is 0. The fourth-order valence-corrected chi connectivity index (χ4v) is 1.20. The third kappa shape index (κ3) is 2.31. The van der Waals surface area contributed by atoms with Crippen LogP contribution in [0.25, 0.3) is 0 Å². The molecule has 0 aliphatic carbocycles. The highest BCUT2D eigenvalue weighted by Gasteiger charge is 2.01. The van der Waals surface area contributed by atoms with E-state index in [-0.39, 0.29) is 0 Å². The average molecular weight is 139 g/mol. The molecule has 56 valence electrons. The predicted molar refractivity (Wildman–Crippen MR) is 40.9 cm³/mol. The van der Waals surface area contributed by atoms with E-state index in [1.165, 1.54) is 12.0 Å². The van der Waals surface area contributed by atoms with Crippen molar-refractivity contribution < 1.29 is 4.79 Å². The molecular weight excluding hydrogens is 126 g/mol. The fraction of sp³-hybridized carbons (Fsp3) is 0.625. The van der Waals surface area contributed by atoms with Crippen molar-refractivity contribution in [3.05, 3.63) is 11.6 Å². The highest BCUT2D eigenvalue weighted by Crippen LogP contribution is 2.10. The lowest BCUT2D eigenvalue weighted by atomic mass is 10.1. The minimum absolute atomic E-state index is 0.890. The van der Waals surface area contributed by atoms with Crippen LogP contribution < -0.4 is 5.32 Å². The molecule has 0 amide bonds. The van der Waals surface area contributed by atoms with Crippen LogP contribution in [0.4, 0.5) is 0 Å². The van der Waals surface area contributed by atoms with E-state index in [0.29, 0.717) is 0 Å². The standard InChI is InChI=1S/C8H13NO/c10-7-4-8-2-1-5-9-6-3-8/h4,7,9H,1-3,5-6H2/b8-4+. The summed E-state index contributed by atoms with van der Waals surface area (Å²) in [5.74, 6) is 0. The van der Waals surface area contributed by atoms with E-state index in [4.69, 9.17) is 0 Å². The number of nitrogens with one attached hydrogen (secondary N) is 1. The van der Waals surface area contributed by atoms with Gasteiger partial charge in [-0.05, 0) is 38.4 Å². The first-order valence-corrected chi connectivity index (χ1v) is 3.77. The Bertz CT molecular complexity index is 130.